The van der Waals surface area contributed by atoms with Crippen molar-refractivity contribution >= 4 is 17.8 Å². The lowest BCUT2D eigenvalue weighted by Gasteiger charge is -2.25. The van der Waals surface area contributed by atoms with Gasteiger partial charge in [0.2, 0.25) is 0 Å². The topological polar surface area (TPSA) is 72.9 Å². The Bertz CT molecular complexity index is 1090. The van der Waals surface area contributed by atoms with E-state index in [1.807, 2.05) is 37.3 Å². The average molecular weight is 415 g/mol. The van der Waals surface area contributed by atoms with Gasteiger partial charge in [-0.3, -0.25) is 14.5 Å². The zero-order valence-corrected chi connectivity index (χ0v) is 17.0. The second kappa shape index (κ2) is 8.83. The first-order valence-corrected chi connectivity index (χ1v) is 10.0. The molecule has 0 bridgehead atoms. The van der Waals surface area contributed by atoms with Crippen LogP contribution in [0, 0.1) is 0 Å². The second-order valence-corrected chi connectivity index (χ2v) is 7.03. The van der Waals surface area contributed by atoms with E-state index in [4.69, 9.17) is 9.47 Å². The Morgan fingerprint density at radius 2 is 1.35 bits per heavy atom. The van der Waals surface area contributed by atoms with Crippen LogP contribution in [-0.4, -0.2) is 35.3 Å². The third-order valence-electron chi connectivity index (χ3n) is 5.04. The van der Waals surface area contributed by atoms with Gasteiger partial charge in [0.25, 0.3) is 11.8 Å². The summed E-state index contributed by atoms with van der Waals surface area (Å²) in [6.45, 7) is 2.23. The van der Waals surface area contributed by atoms with Gasteiger partial charge in [0, 0.05) is 6.42 Å². The van der Waals surface area contributed by atoms with E-state index in [1.165, 1.54) is 0 Å². The number of imide groups is 1. The normalized spacial score (nSPS) is 13.6. The maximum atomic E-state index is 13.3. The van der Waals surface area contributed by atoms with Crippen LogP contribution in [0.5, 0.6) is 11.5 Å². The minimum atomic E-state index is -1.12. The van der Waals surface area contributed by atoms with Crippen molar-refractivity contribution in [2.24, 2.45) is 0 Å². The summed E-state index contributed by atoms with van der Waals surface area (Å²) in [6, 6.07) is 21.5. The highest BCUT2D eigenvalue weighted by molar-refractivity contribution is 6.22. The fourth-order valence-corrected chi connectivity index (χ4v) is 3.59. The largest absolute Gasteiger partial charge is 0.490 e. The summed E-state index contributed by atoms with van der Waals surface area (Å²) in [7, 11) is 0. The lowest BCUT2D eigenvalue weighted by molar-refractivity contribution is -0.138. The van der Waals surface area contributed by atoms with E-state index in [2.05, 4.69) is 0 Å². The first-order valence-electron chi connectivity index (χ1n) is 10.0. The lowest BCUT2D eigenvalue weighted by atomic mass is 10.0. The molecule has 1 unspecified atom stereocenters. The zero-order chi connectivity index (χ0) is 21.8. The molecule has 4 rings (SSSR count). The number of carbonyl (C=O) groups is 3. The van der Waals surface area contributed by atoms with Crippen molar-refractivity contribution in [2.45, 2.75) is 19.4 Å². The number of carbonyl (C=O) groups excluding carboxylic acids is 3. The highest BCUT2D eigenvalue weighted by Crippen LogP contribution is 2.30. The van der Waals surface area contributed by atoms with Crippen LogP contribution in [0.4, 0.5) is 0 Å². The Balaban J connectivity index is 1.68. The molecule has 0 N–H and O–H groups in total. The maximum Gasteiger partial charge on any atom is 0.335 e. The van der Waals surface area contributed by atoms with Crippen LogP contribution in [0.15, 0.2) is 78.9 Å². The molecule has 0 fully saturated rings. The van der Waals surface area contributed by atoms with Crippen molar-refractivity contribution in [2.75, 3.05) is 6.61 Å². The second-order valence-electron chi connectivity index (χ2n) is 7.03. The van der Waals surface area contributed by atoms with Gasteiger partial charge in [0.15, 0.2) is 11.5 Å². The molecule has 3 aromatic rings. The molecular weight excluding hydrogens is 394 g/mol. The van der Waals surface area contributed by atoms with E-state index in [0.717, 1.165) is 10.5 Å². The van der Waals surface area contributed by atoms with Gasteiger partial charge in [0.05, 0.1) is 17.7 Å². The summed E-state index contributed by atoms with van der Waals surface area (Å²) in [6.07, 6.45) is 0.141. The molecule has 0 radical (unpaired) electrons. The van der Waals surface area contributed by atoms with Crippen LogP contribution < -0.4 is 9.47 Å². The monoisotopic (exact) mass is 415 g/mol. The molecule has 0 saturated heterocycles. The van der Waals surface area contributed by atoms with E-state index in [0.29, 0.717) is 12.4 Å². The molecular formula is C25H21NO5. The number of rotatable bonds is 7. The van der Waals surface area contributed by atoms with Crippen LogP contribution in [0.2, 0.25) is 0 Å². The minimum Gasteiger partial charge on any atom is -0.490 e. The van der Waals surface area contributed by atoms with E-state index in [9.17, 15) is 14.4 Å². The van der Waals surface area contributed by atoms with Gasteiger partial charge < -0.3 is 9.47 Å². The molecule has 156 valence electrons. The molecule has 31 heavy (non-hydrogen) atoms. The van der Waals surface area contributed by atoms with Crippen molar-refractivity contribution in [3.8, 4) is 11.5 Å². The van der Waals surface area contributed by atoms with Crippen molar-refractivity contribution in [3.63, 3.8) is 0 Å². The molecule has 6 nitrogen and oxygen atoms in total. The number of benzene rings is 3. The number of fused-ring (bicyclic) bond motifs is 1. The highest BCUT2D eigenvalue weighted by Gasteiger charge is 2.43. The van der Waals surface area contributed by atoms with Crippen molar-refractivity contribution in [1.82, 2.24) is 4.90 Å². The van der Waals surface area contributed by atoms with E-state index >= 15 is 0 Å². The van der Waals surface area contributed by atoms with Crippen molar-refractivity contribution < 1.29 is 23.9 Å². The molecule has 2 amide bonds. The van der Waals surface area contributed by atoms with Gasteiger partial charge in [-0.05, 0) is 36.8 Å². The first-order chi connectivity index (χ1) is 15.1. The Morgan fingerprint density at radius 3 is 1.97 bits per heavy atom. The molecule has 1 atom stereocenters. The fraction of sp³-hybridized carbons (Fsp3) is 0.160. The van der Waals surface area contributed by atoms with Crippen LogP contribution in [0.1, 0.15) is 33.2 Å². The predicted molar refractivity (Wildman–Crippen MR) is 114 cm³/mol. The lowest BCUT2D eigenvalue weighted by Crippen LogP contribution is -2.48. The van der Waals surface area contributed by atoms with Gasteiger partial charge in [-0.25, -0.2) is 4.79 Å². The number of hydrogen-bond donors (Lipinski definition) is 0. The van der Waals surface area contributed by atoms with Gasteiger partial charge in [-0.2, -0.15) is 0 Å². The van der Waals surface area contributed by atoms with Crippen molar-refractivity contribution in [3.05, 3.63) is 95.6 Å². The van der Waals surface area contributed by atoms with Crippen LogP contribution in [0.3, 0.4) is 0 Å². The Labute approximate surface area is 180 Å². The fourth-order valence-electron chi connectivity index (χ4n) is 3.59. The molecule has 1 aliphatic heterocycles. The molecule has 1 heterocycles. The van der Waals surface area contributed by atoms with Gasteiger partial charge in [0.1, 0.15) is 6.04 Å². The Morgan fingerprint density at radius 1 is 0.806 bits per heavy atom. The third kappa shape index (κ3) is 4.05. The molecule has 0 spiro atoms. The Kier molecular flexibility index (Phi) is 5.80. The number of amides is 2. The zero-order valence-electron chi connectivity index (χ0n) is 17.0. The Hall–Kier alpha value is -3.93. The van der Waals surface area contributed by atoms with E-state index in [-0.39, 0.29) is 23.3 Å². The summed E-state index contributed by atoms with van der Waals surface area (Å²) in [5.74, 6) is -1.05. The smallest absolute Gasteiger partial charge is 0.335 e. The third-order valence-corrected chi connectivity index (χ3v) is 5.04. The number of ether oxygens (including phenoxy) is 2. The molecule has 0 aliphatic carbocycles. The summed E-state index contributed by atoms with van der Waals surface area (Å²) in [4.78, 5) is 40.4. The van der Waals surface area contributed by atoms with Crippen LogP contribution in [0.25, 0.3) is 0 Å². The highest BCUT2D eigenvalue weighted by atomic mass is 16.6. The summed E-state index contributed by atoms with van der Waals surface area (Å²) < 4.78 is 11.2. The van der Waals surface area contributed by atoms with Crippen LogP contribution >= 0.6 is 0 Å². The number of hydrogen-bond acceptors (Lipinski definition) is 5. The number of nitrogens with zero attached hydrogens (tertiary/aromatic N) is 1. The molecule has 1 aliphatic rings. The van der Waals surface area contributed by atoms with E-state index in [1.54, 1.807) is 48.5 Å². The van der Waals surface area contributed by atoms with Gasteiger partial charge >= 0.3 is 5.97 Å². The summed E-state index contributed by atoms with van der Waals surface area (Å²) >= 11 is 0. The summed E-state index contributed by atoms with van der Waals surface area (Å²) in [5, 5.41) is 0. The molecule has 0 aromatic heterocycles. The van der Waals surface area contributed by atoms with Gasteiger partial charge in [-0.1, -0.05) is 54.6 Å². The summed E-state index contributed by atoms with van der Waals surface area (Å²) in [5.41, 5.74) is 1.38. The van der Waals surface area contributed by atoms with E-state index < -0.39 is 23.8 Å². The number of esters is 1. The molecule has 3 aromatic carbocycles. The SMILES string of the molecule is CCOc1ccccc1OC(=O)C(Cc1ccccc1)N1C(=O)c2ccccc2C1=O. The van der Waals surface area contributed by atoms with Crippen LogP contribution in [-0.2, 0) is 11.2 Å². The molecule has 6 heteroatoms. The molecule has 0 saturated carbocycles. The first kappa shape index (κ1) is 20.3. The van der Waals surface area contributed by atoms with Gasteiger partial charge in [-0.15, -0.1) is 0 Å². The standard InChI is InChI=1S/C25H21NO5/c1-2-30-21-14-8-9-15-22(21)31-25(29)20(16-17-10-4-3-5-11-17)26-23(27)18-12-6-7-13-19(18)24(26)28/h3-15,20H,2,16H2,1H3. The number of para-hydroxylation sites is 2. The maximum absolute atomic E-state index is 13.3. The van der Waals surface area contributed by atoms with Crippen molar-refractivity contribution in [1.29, 1.82) is 0 Å². The predicted octanol–water partition coefficient (Wildman–Crippen LogP) is 3.90. The average Bonchev–Trinajstić information content (AvgIpc) is 3.04. The quantitative estimate of drug-likeness (QED) is 0.332. The minimum absolute atomic E-state index is 0.141.